The average Bonchev–Trinajstić information content (AvgIpc) is 3.11. The van der Waals surface area contributed by atoms with Crippen LogP contribution in [0, 0.1) is 10.1 Å². The molecule has 1 atom stereocenters. The number of para-hydroxylation sites is 2. The van der Waals surface area contributed by atoms with Crippen LogP contribution in [0.3, 0.4) is 0 Å². The first-order valence-electron chi connectivity index (χ1n) is 9.93. The number of fused-ring (bicyclic) bond motifs is 3. The highest BCUT2D eigenvalue weighted by Gasteiger charge is 2.36. The SMILES string of the molecule is CCCC1=C(C(=O)OCC)C(c2ccc([N+](=O)[O-])cc2)n2c(nc3ccccc32)N1. The first kappa shape index (κ1) is 19.6. The van der Waals surface area contributed by atoms with E-state index in [1.807, 2.05) is 35.8 Å². The molecule has 30 heavy (non-hydrogen) atoms. The molecule has 0 aliphatic carbocycles. The van der Waals surface area contributed by atoms with E-state index in [1.165, 1.54) is 12.1 Å². The van der Waals surface area contributed by atoms with Gasteiger partial charge in [0.2, 0.25) is 5.95 Å². The molecule has 0 fully saturated rings. The maximum Gasteiger partial charge on any atom is 0.338 e. The summed E-state index contributed by atoms with van der Waals surface area (Å²) in [4.78, 5) is 28.4. The number of ether oxygens (including phenoxy) is 1. The van der Waals surface area contributed by atoms with Crippen LogP contribution >= 0.6 is 0 Å². The van der Waals surface area contributed by atoms with Crippen LogP contribution in [0.5, 0.6) is 0 Å². The van der Waals surface area contributed by atoms with Crippen molar-refractivity contribution >= 4 is 28.6 Å². The summed E-state index contributed by atoms with van der Waals surface area (Å²) in [5.74, 6) is 0.233. The number of imidazole rings is 1. The number of aromatic nitrogens is 2. The quantitative estimate of drug-likeness (QED) is 0.365. The number of nitrogens with one attached hydrogen (secondary N) is 1. The fourth-order valence-corrected chi connectivity index (χ4v) is 3.88. The number of nitro benzene ring substituents is 1. The van der Waals surface area contributed by atoms with E-state index in [9.17, 15) is 14.9 Å². The molecule has 4 rings (SSSR count). The lowest BCUT2D eigenvalue weighted by Crippen LogP contribution is -2.29. The van der Waals surface area contributed by atoms with Gasteiger partial charge in [0.1, 0.15) is 0 Å². The molecule has 0 amide bonds. The highest BCUT2D eigenvalue weighted by atomic mass is 16.6. The summed E-state index contributed by atoms with van der Waals surface area (Å²) < 4.78 is 7.36. The fourth-order valence-electron chi connectivity index (χ4n) is 3.88. The van der Waals surface area contributed by atoms with E-state index >= 15 is 0 Å². The Kier molecular flexibility index (Phi) is 5.22. The molecular weight excluding hydrogens is 384 g/mol. The summed E-state index contributed by atoms with van der Waals surface area (Å²) in [6.45, 7) is 4.06. The number of hydrogen-bond acceptors (Lipinski definition) is 6. The van der Waals surface area contributed by atoms with Crippen LogP contribution in [0.4, 0.5) is 11.6 Å². The van der Waals surface area contributed by atoms with Crippen LogP contribution < -0.4 is 5.32 Å². The minimum absolute atomic E-state index is 0.00107. The first-order chi connectivity index (χ1) is 14.5. The highest BCUT2D eigenvalue weighted by molar-refractivity contribution is 5.94. The van der Waals surface area contributed by atoms with Crippen LogP contribution in [0.1, 0.15) is 38.3 Å². The molecule has 1 aliphatic rings. The van der Waals surface area contributed by atoms with Crippen LogP contribution in [0.15, 0.2) is 59.8 Å². The van der Waals surface area contributed by atoms with Gasteiger partial charge in [-0.05, 0) is 43.2 Å². The second kappa shape index (κ2) is 7.98. The molecule has 0 bridgehead atoms. The van der Waals surface area contributed by atoms with Gasteiger partial charge in [0.25, 0.3) is 5.69 Å². The molecule has 1 unspecified atom stereocenters. The second-order valence-corrected chi connectivity index (χ2v) is 7.03. The van der Waals surface area contributed by atoms with Crippen LogP contribution in [-0.4, -0.2) is 27.1 Å². The van der Waals surface area contributed by atoms with E-state index in [4.69, 9.17) is 9.72 Å². The Bertz CT molecular complexity index is 1150. The number of nitrogens with zero attached hydrogens (tertiary/aromatic N) is 3. The number of allylic oxidation sites excluding steroid dienone is 1. The summed E-state index contributed by atoms with van der Waals surface area (Å²) >= 11 is 0. The molecule has 1 N–H and O–H groups in total. The van der Waals surface area contributed by atoms with Crippen molar-refractivity contribution in [3.63, 3.8) is 0 Å². The lowest BCUT2D eigenvalue weighted by molar-refractivity contribution is -0.384. The van der Waals surface area contributed by atoms with Gasteiger partial charge in [-0.15, -0.1) is 0 Å². The third-order valence-electron chi connectivity index (χ3n) is 5.13. The van der Waals surface area contributed by atoms with Gasteiger partial charge >= 0.3 is 5.97 Å². The number of nitro groups is 1. The molecule has 8 nitrogen and oxygen atoms in total. The second-order valence-electron chi connectivity index (χ2n) is 7.03. The standard InChI is InChI=1S/C22H22N4O4/c1-3-7-17-19(21(27)30-4-2)20(14-10-12-15(13-11-14)26(28)29)25-18-9-6-5-8-16(18)23-22(25)24-17/h5-6,8-13,20H,3-4,7H2,1-2H3,(H,23,24). The Labute approximate surface area is 173 Å². The average molecular weight is 406 g/mol. The van der Waals surface area contributed by atoms with Gasteiger partial charge in [-0.3, -0.25) is 14.7 Å². The topological polar surface area (TPSA) is 99.3 Å². The summed E-state index contributed by atoms with van der Waals surface area (Å²) in [6.07, 6.45) is 1.49. The minimum atomic E-state index is -0.505. The molecule has 0 saturated carbocycles. The summed E-state index contributed by atoms with van der Waals surface area (Å²) in [5, 5.41) is 14.4. The van der Waals surface area contributed by atoms with Gasteiger partial charge in [-0.25, -0.2) is 9.78 Å². The van der Waals surface area contributed by atoms with Crippen molar-refractivity contribution in [2.75, 3.05) is 11.9 Å². The molecule has 0 radical (unpaired) electrons. The molecule has 8 heteroatoms. The zero-order chi connectivity index (χ0) is 21.3. The number of hydrogen-bond donors (Lipinski definition) is 1. The maximum atomic E-state index is 13.0. The van der Waals surface area contributed by atoms with Crippen molar-refractivity contribution in [1.29, 1.82) is 0 Å². The molecule has 0 spiro atoms. The first-order valence-corrected chi connectivity index (χ1v) is 9.93. The van der Waals surface area contributed by atoms with Gasteiger partial charge in [0.15, 0.2) is 0 Å². The Balaban J connectivity index is 1.96. The number of rotatable bonds is 6. The Hall–Kier alpha value is -3.68. The fraction of sp³-hybridized carbons (Fsp3) is 0.273. The lowest BCUT2D eigenvalue weighted by Gasteiger charge is -2.31. The molecule has 0 saturated heterocycles. The van der Waals surface area contributed by atoms with Gasteiger partial charge < -0.3 is 10.1 Å². The van der Waals surface area contributed by atoms with Crippen molar-refractivity contribution in [1.82, 2.24) is 9.55 Å². The predicted octanol–water partition coefficient (Wildman–Crippen LogP) is 4.58. The normalized spacial score (nSPS) is 15.6. The zero-order valence-electron chi connectivity index (χ0n) is 16.8. The van der Waals surface area contributed by atoms with Crippen LogP contribution in [-0.2, 0) is 9.53 Å². The lowest BCUT2D eigenvalue weighted by atomic mass is 9.93. The van der Waals surface area contributed by atoms with E-state index in [2.05, 4.69) is 5.32 Å². The van der Waals surface area contributed by atoms with Crippen molar-refractivity contribution in [2.24, 2.45) is 0 Å². The third-order valence-corrected chi connectivity index (χ3v) is 5.13. The molecule has 3 aromatic rings. The van der Waals surface area contributed by atoms with Gasteiger partial charge in [0.05, 0.1) is 34.2 Å². The number of anilines is 1. The van der Waals surface area contributed by atoms with Gasteiger partial charge in [0, 0.05) is 17.8 Å². The molecular formula is C22H22N4O4. The van der Waals surface area contributed by atoms with E-state index in [-0.39, 0.29) is 12.3 Å². The smallest absolute Gasteiger partial charge is 0.338 e. The monoisotopic (exact) mass is 406 g/mol. The Morgan fingerprint density at radius 2 is 1.93 bits per heavy atom. The molecule has 1 aromatic heterocycles. The van der Waals surface area contributed by atoms with E-state index < -0.39 is 16.9 Å². The maximum absolute atomic E-state index is 13.0. The Morgan fingerprint density at radius 3 is 2.60 bits per heavy atom. The summed E-state index contributed by atoms with van der Waals surface area (Å²) in [5.41, 5.74) is 3.68. The number of non-ortho nitro benzene ring substituents is 1. The van der Waals surface area contributed by atoms with Crippen LogP contribution in [0.2, 0.25) is 0 Å². The third kappa shape index (κ3) is 3.30. The molecule has 2 aromatic carbocycles. The number of carbonyl (C=O) groups excluding carboxylic acids is 1. The van der Waals surface area contributed by atoms with Crippen molar-refractivity contribution < 1.29 is 14.5 Å². The van der Waals surface area contributed by atoms with Crippen molar-refractivity contribution in [2.45, 2.75) is 32.7 Å². The number of carbonyl (C=O) groups is 1. The van der Waals surface area contributed by atoms with Gasteiger partial charge in [-0.1, -0.05) is 25.5 Å². The summed E-state index contributed by atoms with van der Waals surface area (Å²) in [7, 11) is 0. The molecule has 2 heterocycles. The summed E-state index contributed by atoms with van der Waals surface area (Å²) in [6, 6.07) is 13.5. The predicted molar refractivity (Wildman–Crippen MR) is 113 cm³/mol. The Morgan fingerprint density at radius 1 is 1.20 bits per heavy atom. The van der Waals surface area contributed by atoms with Gasteiger partial charge in [-0.2, -0.15) is 0 Å². The number of benzene rings is 2. The van der Waals surface area contributed by atoms with Crippen molar-refractivity contribution in [3.05, 3.63) is 75.5 Å². The minimum Gasteiger partial charge on any atom is -0.463 e. The van der Waals surface area contributed by atoms with Crippen molar-refractivity contribution in [3.8, 4) is 0 Å². The van der Waals surface area contributed by atoms with E-state index in [1.54, 1.807) is 19.1 Å². The molecule has 1 aliphatic heterocycles. The van der Waals surface area contributed by atoms with Crippen LogP contribution in [0.25, 0.3) is 11.0 Å². The number of esters is 1. The van der Waals surface area contributed by atoms with E-state index in [0.29, 0.717) is 17.9 Å². The highest BCUT2D eigenvalue weighted by Crippen LogP contribution is 2.40. The largest absolute Gasteiger partial charge is 0.463 e. The molecule has 154 valence electrons. The zero-order valence-corrected chi connectivity index (χ0v) is 16.8. The van der Waals surface area contributed by atoms with E-state index in [0.717, 1.165) is 28.7 Å².